The van der Waals surface area contributed by atoms with Crippen molar-refractivity contribution in [2.24, 2.45) is 0 Å². The Morgan fingerprint density at radius 3 is 3.09 bits per heavy atom. The number of rotatable bonds is 1. The van der Waals surface area contributed by atoms with Crippen LogP contribution in [0.2, 0.25) is 0 Å². The molecular weight excluding hydrogens is 174 g/mol. The summed E-state index contributed by atoms with van der Waals surface area (Å²) in [6.45, 7) is 0. The number of hydrogen-bond donors (Lipinski definition) is 0. The first kappa shape index (κ1) is 7.25. The van der Waals surface area contributed by atoms with Crippen LogP contribution < -0.4 is 0 Å². The van der Waals surface area contributed by atoms with Gasteiger partial charge in [0.1, 0.15) is 26.1 Å². The van der Waals surface area contributed by atoms with Gasteiger partial charge in [0, 0.05) is 12.3 Å². The highest BCUT2D eigenvalue weighted by atomic mass is 33.1. The van der Waals surface area contributed by atoms with Crippen LogP contribution >= 0.6 is 10.8 Å². The highest BCUT2D eigenvalue weighted by molar-refractivity contribution is 8.75. The van der Waals surface area contributed by atoms with Gasteiger partial charge in [0.15, 0.2) is 0 Å². The van der Waals surface area contributed by atoms with E-state index in [1.165, 1.54) is 5.03 Å². The van der Waals surface area contributed by atoms with Gasteiger partial charge >= 0.3 is 0 Å². The second kappa shape index (κ2) is 3.32. The van der Waals surface area contributed by atoms with Crippen LogP contribution in [0.25, 0.3) is 0 Å². The maximum atomic E-state index is 4.30. The van der Waals surface area contributed by atoms with Crippen LogP contribution in [-0.2, 0) is 9.93 Å². The largest absolute Gasteiger partial charge is 0.264 e. The van der Waals surface area contributed by atoms with Crippen molar-refractivity contribution in [2.75, 3.05) is 5.75 Å². The molecule has 0 amide bonds. The molecule has 0 spiro atoms. The van der Waals surface area contributed by atoms with E-state index >= 15 is 0 Å². The van der Waals surface area contributed by atoms with E-state index in [4.69, 9.17) is 0 Å². The number of aromatic nitrogens is 1. The molecular formula is C8H8NS2+. The van der Waals surface area contributed by atoms with Crippen LogP contribution in [-0.4, -0.2) is 10.7 Å². The van der Waals surface area contributed by atoms with Crippen molar-refractivity contribution in [3.63, 3.8) is 0 Å². The van der Waals surface area contributed by atoms with Gasteiger partial charge < -0.3 is 0 Å². The molecule has 1 atom stereocenters. The molecule has 0 aromatic carbocycles. The topological polar surface area (TPSA) is 12.9 Å². The minimum Gasteiger partial charge on any atom is -0.209 e. The quantitative estimate of drug-likeness (QED) is 0.488. The lowest BCUT2D eigenvalue weighted by Crippen LogP contribution is -1.91. The van der Waals surface area contributed by atoms with E-state index in [0.29, 0.717) is 0 Å². The van der Waals surface area contributed by atoms with Gasteiger partial charge in [-0.3, -0.25) is 0 Å². The van der Waals surface area contributed by atoms with Gasteiger partial charge in [-0.25, -0.2) is 4.98 Å². The number of pyridine rings is 1. The standard InChI is InChI=1S/C8H8NS2/c1-2-5-9-8(4-1)11-7-3-6-10-11/h1-5,7H,6H2/q+1. The molecule has 11 heavy (non-hydrogen) atoms. The van der Waals surface area contributed by atoms with Crippen LogP contribution in [0.3, 0.4) is 0 Å². The molecule has 2 heterocycles. The summed E-state index contributed by atoms with van der Waals surface area (Å²) in [7, 11) is 2.18. The molecule has 0 saturated heterocycles. The Morgan fingerprint density at radius 1 is 1.45 bits per heavy atom. The summed E-state index contributed by atoms with van der Waals surface area (Å²) in [5.41, 5.74) is 0. The molecule has 0 aliphatic carbocycles. The van der Waals surface area contributed by atoms with Crippen molar-refractivity contribution in [2.45, 2.75) is 5.03 Å². The Hall–Kier alpha value is -0.410. The molecule has 1 aliphatic rings. The monoisotopic (exact) mass is 182 g/mol. The lowest BCUT2D eigenvalue weighted by molar-refractivity contribution is 1.14. The van der Waals surface area contributed by atoms with Crippen molar-refractivity contribution < 1.29 is 0 Å². The molecule has 56 valence electrons. The number of hydrogen-bond acceptors (Lipinski definition) is 2. The molecule has 0 N–H and O–H groups in total. The molecule has 0 bridgehead atoms. The van der Waals surface area contributed by atoms with Gasteiger partial charge in [0.05, 0.1) is 5.75 Å². The number of nitrogens with zero attached hydrogens (tertiary/aromatic N) is 1. The minimum atomic E-state index is 0.234. The van der Waals surface area contributed by atoms with E-state index in [1.54, 1.807) is 0 Å². The Morgan fingerprint density at radius 2 is 2.45 bits per heavy atom. The molecule has 0 saturated carbocycles. The molecule has 1 aliphatic heterocycles. The maximum Gasteiger partial charge on any atom is 0.264 e. The summed E-state index contributed by atoms with van der Waals surface area (Å²) in [6.07, 6.45) is 4.07. The average Bonchev–Trinajstić information content (AvgIpc) is 2.58. The van der Waals surface area contributed by atoms with Crippen molar-refractivity contribution in [1.82, 2.24) is 4.98 Å². The van der Waals surface area contributed by atoms with E-state index in [0.717, 1.165) is 5.75 Å². The van der Waals surface area contributed by atoms with E-state index in [2.05, 4.69) is 22.5 Å². The third kappa shape index (κ3) is 1.60. The summed E-state index contributed by atoms with van der Waals surface area (Å²) < 4.78 is 0. The fourth-order valence-electron chi connectivity index (χ4n) is 0.875. The molecule has 1 aromatic rings. The normalized spacial score (nSPS) is 22.4. The zero-order chi connectivity index (χ0) is 7.52. The van der Waals surface area contributed by atoms with E-state index in [1.807, 2.05) is 29.1 Å². The lowest BCUT2D eigenvalue weighted by Gasteiger charge is -1.91. The zero-order valence-electron chi connectivity index (χ0n) is 5.93. The molecule has 1 nitrogen and oxygen atoms in total. The van der Waals surface area contributed by atoms with Gasteiger partial charge in [-0.05, 0) is 12.1 Å². The molecule has 1 unspecified atom stereocenters. The Kier molecular flexibility index (Phi) is 2.19. The third-order valence-electron chi connectivity index (χ3n) is 1.35. The second-order valence-electron chi connectivity index (χ2n) is 2.12. The highest BCUT2D eigenvalue weighted by Gasteiger charge is 2.25. The zero-order valence-corrected chi connectivity index (χ0v) is 7.57. The van der Waals surface area contributed by atoms with Crippen molar-refractivity contribution in [3.8, 4) is 0 Å². The summed E-state index contributed by atoms with van der Waals surface area (Å²) in [5.74, 6) is 1.14. The maximum absolute atomic E-state index is 4.30. The van der Waals surface area contributed by atoms with Gasteiger partial charge in [-0.2, -0.15) is 0 Å². The smallest absolute Gasteiger partial charge is 0.209 e. The predicted octanol–water partition coefficient (Wildman–Crippen LogP) is 2.23. The fourth-order valence-corrected chi connectivity index (χ4v) is 4.11. The van der Waals surface area contributed by atoms with Crippen LogP contribution in [0.5, 0.6) is 0 Å². The Balaban J connectivity index is 2.23. The second-order valence-corrected chi connectivity index (χ2v) is 5.76. The molecule has 0 radical (unpaired) electrons. The molecule has 3 heteroatoms. The summed E-state index contributed by atoms with van der Waals surface area (Å²) in [5, 5.41) is 3.44. The minimum absolute atomic E-state index is 0.234. The molecule has 0 fully saturated rings. The first-order chi connectivity index (χ1) is 5.47. The third-order valence-corrected chi connectivity index (χ3v) is 5.05. The van der Waals surface area contributed by atoms with Crippen LogP contribution in [0.4, 0.5) is 0 Å². The summed E-state index contributed by atoms with van der Waals surface area (Å²) >= 11 is 0. The van der Waals surface area contributed by atoms with E-state index in [-0.39, 0.29) is 9.93 Å². The summed E-state index contributed by atoms with van der Waals surface area (Å²) in [4.78, 5) is 4.30. The van der Waals surface area contributed by atoms with Gasteiger partial charge in [0.2, 0.25) is 0 Å². The first-order valence-corrected chi connectivity index (χ1v) is 6.20. The van der Waals surface area contributed by atoms with Gasteiger partial charge in [-0.1, -0.05) is 6.07 Å². The van der Waals surface area contributed by atoms with Crippen molar-refractivity contribution in [3.05, 3.63) is 35.9 Å². The Bertz CT molecular complexity index is 258. The van der Waals surface area contributed by atoms with Crippen LogP contribution in [0, 0.1) is 0 Å². The van der Waals surface area contributed by atoms with E-state index in [9.17, 15) is 0 Å². The lowest BCUT2D eigenvalue weighted by atomic mass is 10.5. The van der Waals surface area contributed by atoms with Gasteiger partial charge in [0.25, 0.3) is 5.03 Å². The summed E-state index contributed by atoms with van der Waals surface area (Å²) in [6, 6.07) is 6.09. The Labute approximate surface area is 72.7 Å². The van der Waals surface area contributed by atoms with Crippen LogP contribution in [0.1, 0.15) is 0 Å². The van der Waals surface area contributed by atoms with Crippen LogP contribution in [0.15, 0.2) is 40.9 Å². The molecule has 2 rings (SSSR count). The van der Waals surface area contributed by atoms with Crippen molar-refractivity contribution >= 4 is 20.7 Å². The first-order valence-electron chi connectivity index (χ1n) is 3.41. The predicted molar refractivity (Wildman–Crippen MR) is 51.5 cm³/mol. The SMILES string of the molecule is C1=C[S+](c2ccccn2)SC1. The fraction of sp³-hybridized carbons (Fsp3) is 0.125. The average molecular weight is 182 g/mol. The van der Waals surface area contributed by atoms with E-state index < -0.39 is 0 Å². The molecule has 1 aromatic heterocycles. The van der Waals surface area contributed by atoms with Gasteiger partial charge in [-0.15, -0.1) is 0 Å². The van der Waals surface area contributed by atoms with Crippen molar-refractivity contribution in [1.29, 1.82) is 0 Å². The highest BCUT2D eigenvalue weighted by Crippen LogP contribution is 2.30.